The minimum Gasteiger partial charge on any atom is -0.735 e. The Balaban J connectivity index is 3.42. The van der Waals surface area contributed by atoms with E-state index >= 15 is 0 Å². The number of hydrogen-bond acceptors (Lipinski definition) is 3. The van der Waals surface area contributed by atoms with Crippen molar-refractivity contribution in [2.24, 2.45) is 0 Å². The first-order valence-electron chi connectivity index (χ1n) is 2.26. The molecule has 0 spiro atoms. The highest BCUT2D eigenvalue weighted by atomic mass is 32.2. The zero-order valence-corrected chi connectivity index (χ0v) is 5.36. The summed E-state index contributed by atoms with van der Waals surface area (Å²) in [5.41, 5.74) is 0. The number of rotatable bonds is 3. The van der Waals surface area contributed by atoms with Gasteiger partial charge in [-0.2, -0.15) is 0 Å². The van der Waals surface area contributed by atoms with Crippen molar-refractivity contribution in [3.8, 4) is 0 Å². The lowest BCUT2D eigenvalue weighted by atomic mass is 10.5. The van der Waals surface area contributed by atoms with Crippen molar-refractivity contribution in [1.29, 1.82) is 0 Å². The lowest BCUT2D eigenvalue weighted by Gasteiger charge is -2.05. The van der Waals surface area contributed by atoms with Gasteiger partial charge in [-0.25, -0.2) is 13.1 Å². The van der Waals surface area contributed by atoms with Crippen LogP contribution in [0.3, 0.4) is 0 Å². The minimum absolute atomic E-state index is 0.228. The summed E-state index contributed by atoms with van der Waals surface area (Å²) >= 11 is 0. The van der Waals surface area contributed by atoms with E-state index in [-0.39, 0.29) is 6.54 Å². The normalized spacial score (nSPS) is 11.8. The third-order valence-electron chi connectivity index (χ3n) is 0.529. The van der Waals surface area contributed by atoms with Gasteiger partial charge in [0, 0.05) is 6.54 Å². The smallest absolute Gasteiger partial charge is 0.159 e. The van der Waals surface area contributed by atoms with Crippen LogP contribution in [-0.4, -0.2) is 19.5 Å². The first-order chi connectivity index (χ1) is 3.56. The van der Waals surface area contributed by atoms with Crippen LogP contribution >= 0.6 is 0 Å². The highest BCUT2D eigenvalue weighted by molar-refractivity contribution is 7.83. The van der Waals surface area contributed by atoms with E-state index < -0.39 is 10.3 Å². The van der Waals surface area contributed by atoms with Gasteiger partial charge in [-0.15, -0.1) is 0 Å². The average molecular weight is 138 g/mol. The molecule has 50 valence electrons. The van der Waals surface area contributed by atoms with E-state index in [4.69, 9.17) is 0 Å². The summed E-state index contributed by atoms with van der Waals surface area (Å²) in [4.78, 5) is 0. The molecule has 0 radical (unpaired) electrons. The molecule has 0 unspecified atom stereocenters. The SMILES string of the molecule is CCCNS(=O)(=O)[O-]. The molecule has 0 aliphatic rings. The van der Waals surface area contributed by atoms with Gasteiger partial charge >= 0.3 is 0 Å². The van der Waals surface area contributed by atoms with Gasteiger partial charge < -0.3 is 4.55 Å². The number of hydrogen-bond donors (Lipinski definition) is 1. The van der Waals surface area contributed by atoms with Crippen LogP contribution in [-0.2, 0) is 10.3 Å². The van der Waals surface area contributed by atoms with Gasteiger partial charge in [-0.3, -0.25) is 0 Å². The molecule has 0 rings (SSSR count). The summed E-state index contributed by atoms with van der Waals surface area (Å²) in [6.07, 6.45) is 0.640. The van der Waals surface area contributed by atoms with E-state index in [2.05, 4.69) is 0 Å². The summed E-state index contributed by atoms with van der Waals surface area (Å²) in [6, 6.07) is 0. The highest BCUT2D eigenvalue weighted by Crippen LogP contribution is 1.73. The molecule has 4 nitrogen and oxygen atoms in total. The minimum atomic E-state index is -4.19. The molecule has 0 aromatic rings. The average Bonchev–Trinajstić information content (AvgIpc) is 1.59. The van der Waals surface area contributed by atoms with Crippen molar-refractivity contribution in [2.75, 3.05) is 6.54 Å². The summed E-state index contributed by atoms with van der Waals surface area (Å²) in [5, 5.41) is 0. The van der Waals surface area contributed by atoms with E-state index in [1.807, 2.05) is 0 Å². The van der Waals surface area contributed by atoms with Crippen LogP contribution in [0.1, 0.15) is 13.3 Å². The van der Waals surface area contributed by atoms with Crippen molar-refractivity contribution in [3.63, 3.8) is 0 Å². The van der Waals surface area contributed by atoms with Gasteiger partial charge in [-0.1, -0.05) is 6.92 Å². The Morgan fingerprint density at radius 1 is 1.62 bits per heavy atom. The predicted octanol–water partition coefficient (Wildman–Crippen LogP) is -0.554. The largest absolute Gasteiger partial charge is 0.735 e. The van der Waals surface area contributed by atoms with E-state index in [1.165, 1.54) is 0 Å². The molecule has 0 atom stereocenters. The Labute approximate surface area is 48.8 Å². The lowest BCUT2D eigenvalue weighted by molar-refractivity contribution is 0.448. The fourth-order valence-corrected chi connectivity index (χ4v) is 0.681. The summed E-state index contributed by atoms with van der Waals surface area (Å²) < 4.78 is 31.0. The lowest BCUT2D eigenvalue weighted by Crippen LogP contribution is -2.23. The maximum atomic E-state index is 9.72. The second-order valence-electron chi connectivity index (χ2n) is 1.35. The van der Waals surface area contributed by atoms with Gasteiger partial charge in [0.1, 0.15) is 0 Å². The van der Waals surface area contributed by atoms with E-state index in [0.717, 1.165) is 0 Å². The summed E-state index contributed by atoms with van der Waals surface area (Å²) in [5.74, 6) is 0. The quantitative estimate of drug-likeness (QED) is 0.532. The first-order valence-corrected chi connectivity index (χ1v) is 3.67. The molecule has 0 aliphatic carbocycles. The van der Waals surface area contributed by atoms with Crippen LogP contribution in [0.15, 0.2) is 0 Å². The molecule has 0 heterocycles. The standard InChI is InChI=1S/C3H9NO3S/c1-2-3-4-8(5,6)7/h4H,2-3H2,1H3,(H,5,6,7)/p-1. The van der Waals surface area contributed by atoms with Gasteiger partial charge in [0.25, 0.3) is 0 Å². The maximum absolute atomic E-state index is 9.72. The molecular weight excluding hydrogens is 130 g/mol. The van der Waals surface area contributed by atoms with Crippen molar-refractivity contribution in [1.82, 2.24) is 4.72 Å². The van der Waals surface area contributed by atoms with Crippen LogP contribution in [0.4, 0.5) is 0 Å². The zero-order valence-electron chi connectivity index (χ0n) is 4.55. The fraction of sp³-hybridized carbons (Fsp3) is 1.00. The molecule has 0 aromatic carbocycles. The molecule has 0 amide bonds. The second kappa shape index (κ2) is 3.01. The number of nitrogens with one attached hydrogen (secondary N) is 1. The van der Waals surface area contributed by atoms with Crippen molar-refractivity contribution >= 4 is 10.3 Å². The van der Waals surface area contributed by atoms with Crippen molar-refractivity contribution in [2.45, 2.75) is 13.3 Å². The molecule has 1 N–H and O–H groups in total. The second-order valence-corrected chi connectivity index (χ2v) is 2.55. The van der Waals surface area contributed by atoms with Gasteiger partial charge in [0.15, 0.2) is 10.3 Å². The zero-order chi connectivity index (χ0) is 6.62. The summed E-state index contributed by atoms with van der Waals surface area (Å²) in [7, 11) is -4.19. The molecule has 0 fully saturated rings. The Hall–Kier alpha value is -0.130. The van der Waals surface area contributed by atoms with Crippen LogP contribution in [0.2, 0.25) is 0 Å². The van der Waals surface area contributed by atoms with E-state index in [0.29, 0.717) is 6.42 Å². The van der Waals surface area contributed by atoms with Crippen molar-refractivity contribution in [3.05, 3.63) is 0 Å². The third-order valence-corrected chi connectivity index (χ3v) is 1.09. The summed E-state index contributed by atoms with van der Waals surface area (Å²) in [6.45, 7) is 2.00. The molecule has 5 heteroatoms. The van der Waals surface area contributed by atoms with Gasteiger partial charge in [-0.05, 0) is 6.42 Å². The molecule has 8 heavy (non-hydrogen) atoms. The molecule has 0 aliphatic heterocycles. The Kier molecular flexibility index (Phi) is 2.96. The molecule has 0 aromatic heterocycles. The molecule has 0 saturated carbocycles. The Morgan fingerprint density at radius 3 is 2.25 bits per heavy atom. The molecule has 0 bridgehead atoms. The van der Waals surface area contributed by atoms with Crippen LogP contribution < -0.4 is 4.72 Å². The predicted molar refractivity (Wildman–Crippen MR) is 28.0 cm³/mol. The van der Waals surface area contributed by atoms with Crippen LogP contribution in [0.5, 0.6) is 0 Å². The van der Waals surface area contributed by atoms with E-state index in [9.17, 15) is 13.0 Å². The monoisotopic (exact) mass is 138 g/mol. The highest BCUT2D eigenvalue weighted by Gasteiger charge is 1.86. The van der Waals surface area contributed by atoms with Gasteiger partial charge in [0.05, 0.1) is 0 Å². The topological polar surface area (TPSA) is 69.2 Å². The van der Waals surface area contributed by atoms with Crippen LogP contribution in [0.25, 0.3) is 0 Å². The van der Waals surface area contributed by atoms with E-state index in [1.54, 1.807) is 11.6 Å². The first kappa shape index (κ1) is 7.87. The fourth-order valence-electron chi connectivity index (χ4n) is 0.227. The maximum Gasteiger partial charge on any atom is 0.159 e. The molecule has 0 saturated heterocycles. The Bertz CT molecular complexity index is 139. The van der Waals surface area contributed by atoms with Crippen molar-refractivity contribution < 1.29 is 13.0 Å². The third kappa shape index (κ3) is 5.87. The Morgan fingerprint density at radius 2 is 2.12 bits per heavy atom. The van der Waals surface area contributed by atoms with Crippen LogP contribution in [0, 0.1) is 0 Å². The van der Waals surface area contributed by atoms with Gasteiger partial charge in [0.2, 0.25) is 0 Å². The molecular formula is C3H8NO3S-.